The van der Waals surface area contributed by atoms with E-state index in [2.05, 4.69) is 5.32 Å². The fraction of sp³-hybridized carbons (Fsp3) is 0.143. The third-order valence-electron chi connectivity index (χ3n) is 2.69. The van der Waals surface area contributed by atoms with Gasteiger partial charge in [-0.25, -0.2) is 4.39 Å². The minimum absolute atomic E-state index is 0.323. The number of anilines is 2. The van der Waals surface area contributed by atoms with Crippen molar-refractivity contribution in [1.29, 1.82) is 0 Å². The third kappa shape index (κ3) is 2.71. The van der Waals surface area contributed by atoms with Crippen molar-refractivity contribution in [3.63, 3.8) is 0 Å². The Morgan fingerprint density at radius 3 is 2.72 bits per heavy atom. The summed E-state index contributed by atoms with van der Waals surface area (Å²) in [4.78, 5) is 0. The summed E-state index contributed by atoms with van der Waals surface area (Å²) in [6.45, 7) is 0.564. The third-order valence-corrected chi connectivity index (χ3v) is 2.69. The molecule has 2 aromatic carbocycles. The molecule has 94 valence electrons. The Kier molecular flexibility index (Phi) is 3.67. The number of hydrogen-bond donors (Lipinski definition) is 2. The summed E-state index contributed by atoms with van der Waals surface area (Å²) in [5.74, 6) is 0.154. The molecule has 4 heteroatoms. The number of benzene rings is 2. The highest BCUT2D eigenvalue weighted by molar-refractivity contribution is 5.58. The van der Waals surface area contributed by atoms with E-state index in [4.69, 9.17) is 10.5 Å². The topological polar surface area (TPSA) is 47.3 Å². The number of para-hydroxylation sites is 1. The highest BCUT2D eigenvalue weighted by Crippen LogP contribution is 2.25. The maximum absolute atomic E-state index is 13.0. The Hall–Kier alpha value is -2.23. The number of ether oxygens (including phenoxy) is 1. The normalized spacial score (nSPS) is 10.1. The molecule has 18 heavy (non-hydrogen) atoms. The van der Waals surface area contributed by atoms with Gasteiger partial charge in [-0.2, -0.15) is 0 Å². The summed E-state index contributed by atoms with van der Waals surface area (Å²) >= 11 is 0. The molecule has 0 aliphatic carbocycles. The molecule has 0 radical (unpaired) electrons. The molecule has 3 nitrogen and oxygen atoms in total. The van der Waals surface area contributed by atoms with Crippen LogP contribution >= 0.6 is 0 Å². The van der Waals surface area contributed by atoms with Gasteiger partial charge in [0.15, 0.2) is 0 Å². The van der Waals surface area contributed by atoms with E-state index in [9.17, 15) is 4.39 Å². The predicted molar refractivity (Wildman–Crippen MR) is 71.1 cm³/mol. The fourth-order valence-electron chi connectivity index (χ4n) is 1.70. The van der Waals surface area contributed by atoms with Crippen LogP contribution in [0, 0.1) is 5.82 Å². The van der Waals surface area contributed by atoms with Gasteiger partial charge in [-0.1, -0.05) is 18.2 Å². The van der Waals surface area contributed by atoms with Gasteiger partial charge in [0.05, 0.1) is 12.8 Å². The minimum Gasteiger partial charge on any atom is -0.494 e. The molecular weight excluding hydrogens is 231 g/mol. The minimum atomic E-state index is -0.323. The molecule has 0 fully saturated rings. The fourth-order valence-corrected chi connectivity index (χ4v) is 1.70. The van der Waals surface area contributed by atoms with Crippen LogP contribution < -0.4 is 15.8 Å². The Balaban J connectivity index is 2.13. The first-order chi connectivity index (χ1) is 8.70. The van der Waals surface area contributed by atoms with Crippen LogP contribution in [0.2, 0.25) is 0 Å². The van der Waals surface area contributed by atoms with Gasteiger partial charge in [0, 0.05) is 18.3 Å². The first-order valence-corrected chi connectivity index (χ1v) is 5.61. The standard InChI is InChI=1S/C14H15FN2O/c1-18-14-8-11(15)6-7-13(14)17-9-10-4-2-3-5-12(10)16/h2-8,17H,9,16H2,1H3. The van der Waals surface area contributed by atoms with Crippen molar-refractivity contribution < 1.29 is 9.13 Å². The van der Waals surface area contributed by atoms with E-state index in [-0.39, 0.29) is 5.82 Å². The van der Waals surface area contributed by atoms with Gasteiger partial charge >= 0.3 is 0 Å². The quantitative estimate of drug-likeness (QED) is 0.815. The van der Waals surface area contributed by atoms with Gasteiger partial charge in [-0.15, -0.1) is 0 Å². The number of nitrogens with one attached hydrogen (secondary N) is 1. The average Bonchev–Trinajstić information content (AvgIpc) is 2.39. The molecule has 0 aromatic heterocycles. The second-order valence-electron chi connectivity index (χ2n) is 3.90. The molecule has 0 saturated heterocycles. The van der Waals surface area contributed by atoms with E-state index in [0.717, 1.165) is 16.9 Å². The van der Waals surface area contributed by atoms with Crippen LogP contribution in [0.1, 0.15) is 5.56 Å². The van der Waals surface area contributed by atoms with Crippen LogP contribution in [0.25, 0.3) is 0 Å². The van der Waals surface area contributed by atoms with Crippen molar-refractivity contribution in [2.75, 3.05) is 18.2 Å². The molecular formula is C14H15FN2O. The van der Waals surface area contributed by atoms with Crippen molar-refractivity contribution in [3.05, 3.63) is 53.8 Å². The molecule has 2 rings (SSSR count). The Labute approximate surface area is 105 Å². The summed E-state index contributed by atoms with van der Waals surface area (Å²) in [5.41, 5.74) is 8.30. The number of rotatable bonds is 4. The van der Waals surface area contributed by atoms with Gasteiger partial charge in [0.2, 0.25) is 0 Å². The van der Waals surface area contributed by atoms with Crippen molar-refractivity contribution in [1.82, 2.24) is 0 Å². The lowest BCUT2D eigenvalue weighted by molar-refractivity contribution is 0.413. The molecule has 0 heterocycles. The zero-order valence-corrected chi connectivity index (χ0v) is 10.1. The number of halogens is 1. The maximum Gasteiger partial charge on any atom is 0.144 e. The Morgan fingerprint density at radius 2 is 2.00 bits per heavy atom. The van der Waals surface area contributed by atoms with Crippen molar-refractivity contribution >= 4 is 11.4 Å². The number of nitrogens with two attached hydrogens (primary N) is 1. The largest absolute Gasteiger partial charge is 0.494 e. The average molecular weight is 246 g/mol. The van der Waals surface area contributed by atoms with Gasteiger partial charge in [-0.05, 0) is 23.8 Å². The molecule has 0 atom stereocenters. The second-order valence-corrected chi connectivity index (χ2v) is 3.90. The SMILES string of the molecule is COc1cc(F)ccc1NCc1ccccc1N. The summed E-state index contributed by atoms with van der Waals surface area (Å²) in [6, 6.07) is 12.0. The maximum atomic E-state index is 13.0. The van der Waals surface area contributed by atoms with Crippen molar-refractivity contribution in [2.24, 2.45) is 0 Å². The van der Waals surface area contributed by atoms with Crippen LogP contribution in [-0.4, -0.2) is 7.11 Å². The highest BCUT2D eigenvalue weighted by atomic mass is 19.1. The number of hydrogen-bond acceptors (Lipinski definition) is 3. The second kappa shape index (κ2) is 5.40. The van der Waals surface area contributed by atoms with Gasteiger partial charge in [0.25, 0.3) is 0 Å². The molecule has 2 aromatic rings. The zero-order chi connectivity index (χ0) is 13.0. The smallest absolute Gasteiger partial charge is 0.144 e. The first-order valence-electron chi connectivity index (χ1n) is 5.61. The first kappa shape index (κ1) is 12.2. The summed E-state index contributed by atoms with van der Waals surface area (Å²) in [6.07, 6.45) is 0. The van der Waals surface area contributed by atoms with Crippen LogP contribution in [-0.2, 0) is 6.54 Å². The Bertz CT molecular complexity index is 543. The molecule has 0 saturated carbocycles. The zero-order valence-electron chi connectivity index (χ0n) is 10.1. The van der Waals surface area contributed by atoms with E-state index in [0.29, 0.717) is 12.3 Å². The summed E-state index contributed by atoms with van der Waals surface area (Å²) in [7, 11) is 1.51. The van der Waals surface area contributed by atoms with E-state index >= 15 is 0 Å². The van der Waals surface area contributed by atoms with Crippen molar-refractivity contribution in [3.8, 4) is 5.75 Å². The molecule has 0 aliphatic heterocycles. The Morgan fingerprint density at radius 1 is 1.22 bits per heavy atom. The predicted octanol–water partition coefficient (Wildman–Crippen LogP) is 3.03. The van der Waals surface area contributed by atoms with Gasteiger partial charge in [0.1, 0.15) is 11.6 Å². The van der Waals surface area contributed by atoms with Gasteiger partial charge < -0.3 is 15.8 Å². The molecule has 0 unspecified atom stereocenters. The van der Waals surface area contributed by atoms with Crippen molar-refractivity contribution in [2.45, 2.75) is 6.54 Å². The van der Waals surface area contributed by atoms with Crippen LogP contribution in [0.5, 0.6) is 5.75 Å². The van der Waals surface area contributed by atoms with Crippen LogP contribution in [0.15, 0.2) is 42.5 Å². The molecule has 0 spiro atoms. The van der Waals surface area contributed by atoms with E-state index in [1.807, 2.05) is 24.3 Å². The lowest BCUT2D eigenvalue weighted by Crippen LogP contribution is -2.04. The van der Waals surface area contributed by atoms with E-state index in [1.165, 1.54) is 19.2 Å². The van der Waals surface area contributed by atoms with Crippen LogP contribution in [0.3, 0.4) is 0 Å². The van der Waals surface area contributed by atoms with E-state index in [1.54, 1.807) is 6.07 Å². The number of methoxy groups -OCH3 is 1. The molecule has 0 bridgehead atoms. The summed E-state index contributed by atoms with van der Waals surface area (Å²) in [5, 5.41) is 3.18. The monoisotopic (exact) mass is 246 g/mol. The molecule has 0 amide bonds. The van der Waals surface area contributed by atoms with Gasteiger partial charge in [-0.3, -0.25) is 0 Å². The van der Waals surface area contributed by atoms with Crippen LogP contribution in [0.4, 0.5) is 15.8 Å². The summed E-state index contributed by atoms with van der Waals surface area (Å²) < 4.78 is 18.1. The van der Waals surface area contributed by atoms with E-state index < -0.39 is 0 Å². The lowest BCUT2D eigenvalue weighted by atomic mass is 10.2. The molecule has 3 N–H and O–H groups in total. The number of nitrogen functional groups attached to an aromatic ring is 1. The molecule has 0 aliphatic rings. The lowest BCUT2D eigenvalue weighted by Gasteiger charge is -2.12. The highest BCUT2D eigenvalue weighted by Gasteiger charge is 2.05.